The van der Waals surface area contributed by atoms with Crippen molar-refractivity contribution in [2.75, 3.05) is 18.7 Å². The van der Waals surface area contributed by atoms with Gasteiger partial charge in [0.15, 0.2) is 5.08 Å². The van der Waals surface area contributed by atoms with Crippen molar-refractivity contribution in [3.05, 3.63) is 0 Å². The first-order chi connectivity index (χ1) is 5.33. The third kappa shape index (κ3) is 4.65. The standard InChI is InChI=1S/C4H11NO5S2/c1-3-5-11(6,7)4-12(8,9)10-2/h5H,3-4H2,1-2H3. The molecule has 0 aromatic carbocycles. The Kier molecular flexibility index (Phi) is 4.11. The summed E-state index contributed by atoms with van der Waals surface area (Å²) in [6.07, 6.45) is 0. The van der Waals surface area contributed by atoms with Gasteiger partial charge in [-0.1, -0.05) is 6.92 Å². The Morgan fingerprint density at radius 2 is 1.75 bits per heavy atom. The van der Waals surface area contributed by atoms with Gasteiger partial charge in [0, 0.05) is 6.54 Å². The summed E-state index contributed by atoms with van der Waals surface area (Å²) in [5.74, 6) is 0. The number of nitrogens with one attached hydrogen (secondary N) is 1. The van der Waals surface area contributed by atoms with Crippen LogP contribution in [0.25, 0.3) is 0 Å². The van der Waals surface area contributed by atoms with Crippen LogP contribution in [0.5, 0.6) is 0 Å². The van der Waals surface area contributed by atoms with Crippen LogP contribution in [0.1, 0.15) is 6.92 Å². The highest BCUT2D eigenvalue weighted by atomic mass is 32.3. The first kappa shape index (κ1) is 11.8. The Labute approximate surface area is 72.1 Å². The van der Waals surface area contributed by atoms with Crippen LogP contribution in [0, 0.1) is 0 Å². The smallest absolute Gasteiger partial charge is 0.273 e. The van der Waals surface area contributed by atoms with Crippen LogP contribution in [0.3, 0.4) is 0 Å². The van der Waals surface area contributed by atoms with E-state index in [4.69, 9.17) is 0 Å². The monoisotopic (exact) mass is 217 g/mol. The lowest BCUT2D eigenvalue weighted by atomic mass is 10.8. The van der Waals surface area contributed by atoms with Gasteiger partial charge >= 0.3 is 0 Å². The van der Waals surface area contributed by atoms with E-state index in [0.29, 0.717) is 0 Å². The van der Waals surface area contributed by atoms with E-state index in [0.717, 1.165) is 7.11 Å². The van der Waals surface area contributed by atoms with E-state index in [-0.39, 0.29) is 6.54 Å². The second-order valence-electron chi connectivity index (χ2n) is 1.95. The van der Waals surface area contributed by atoms with Gasteiger partial charge in [0.05, 0.1) is 7.11 Å². The second kappa shape index (κ2) is 4.17. The molecule has 0 aliphatic carbocycles. The molecule has 0 bridgehead atoms. The average Bonchev–Trinajstić information content (AvgIpc) is 1.85. The minimum atomic E-state index is -3.95. The molecule has 0 radical (unpaired) electrons. The summed E-state index contributed by atoms with van der Waals surface area (Å²) in [7, 11) is -6.80. The van der Waals surface area contributed by atoms with E-state index < -0.39 is 25.2 Å². The number of rotatable bonds is 5. The zero-order valence-corrected chi connectivity index (χ0v) is 8.40. The van der Waals surface area contributed by atoms with Gasteiger partial charge in [0.25, 0.3) is 10.1 Å². The van der Waals surface area contributed by atoms with Crippen LogP contribution >= 0.6 is 0 Å². The molecule has 6 nitrogen and oxygen atoms in total. The van der Waals surface area contributed by atoms with Crippen molar-refractivity contribution in [2.24, 2.45) is 0 Å². The lowest BCUT2D eigenvalue weighted by Crippen LogP contribution is -2.30. The van der Waals surface area contributed by atoms with Gasteiger partial charge in [-0.05, 0) is 0 Å². The highest BCUT2D eigenvalue weighted by molar-refractivity contribution is 8.05. The Balaban J connectivity index is 4.47. The van der Waals surface area contributed by atoms with Crippen LogP contribution in [-0.4, -0.2) is 35.6 Å². The van der Waals surface area contributed by atoms with Crippen molar-refractivity contribution in [1.29, 1.82) is 0 Å². The van der Waals surface area contributed by atoms with E-state index in [9.17, 15) is 16.8 Å². The Morgan fingerprint density at radius 1 is 1.25 bits per heavy atom. The molecule has 8 heteroatoms. The summed E-state index contributed by atoms with van der Waals surface area (Å²) in [6.45, 7) is 1.71. The minimum absolute atomic E-state index is 0.154. The van der Waals surface area contributed by atoms with Gasteiger partial charge in [-0.15, -0.1) is 0 Å². The van der Waals surface area contributed by atoms with Crippen LogP contribution < -0.4 is 4.72 Å². The summed E-state index contributed by atoms with van der Waals surface area (Å²) in [5.41, 5.74) is 0. The van der Waals surface area contributed by atoms with Gasteiger partial charge < -0.3 is 0 Å². The highest BCUT2D eigenvalue weighted by Gasteiger charge is 2.20. The summed E-state index contributed by atoms with van der Waals surface area (Å²) < 4.78 is 49.0. The van der Waals surface area contributed by atoms with E-state index in [1.54, 1.807) is 6.92 Å². The Hall–Kier alpha value is -0.180. The molecule has 0 heterocycles. The van der Waals surface area contributed by atoms with Crippen molar-refractivity contribution >= 4 is 20.1 Å². The van der Waals surface area contributed by atoms with Crippen molar-refractivity contribution < 1.29 is 21.0 Å². The molecule has 0 amide bonds. The number of sulfonamides is 1. The molecular weight excluding hydrogens is 206 g/mol. The van der Waals surface area contributed by atoms with Crippen molar-refractivity contribution in [2.45, 2.75) is 6.92 Å². The fourth-order valence-corrected chi connectivity index (χ4v) is 3.18. The number of hydrogen-bond donors (Lipinski definition) is 1. The van der Waals surface area contributed by atoms with Crippen molar-refractivity contribution in [3.8, 4) is 0 Å². The summed E-state index contributed by atoms with van der Waals surface area (Å²) >= 11 is 0. The SMILES string of the molecule is CCNS(=O)(=O)CS(=O)(=O)OC. The largest absolute Gasteiger partial charge is 0.283 e. The topological polar surface area (TPSA) is 89.5 Å². The Bertz CT molecular complexity index is 315. The summed E-state index contributed by atoms with van der Waals surface area (Å²) in [5, 5.41) is -1.04. The molecule has 0 saturated heterocycles. The molecule has 0 aliphatic rings. The zero-order chi connectivity index (χ0) is 9.83. The third-order valence-corrected chi connectivity index (χ3v) is 4.55. The fourth-order valence-electron chi connectivity index (χ4n) is 0.500. The quantitative estimate of drug-likeness (QED) is 0.588. The first-order valence-corrected chi connectivity index (χ1v) is 6.31. The molecule has 0 aromatic rings. The zero-order valence-electron chi connectivity index (χ0n) is 6.77. The van der Waals surface area contributed by atoms with E-state index in [1.807, 2.05) is 4.72 Å². The Morgan fingerprint density at radius 3 is 2.08 bits per heavy atom. The van der Waals surface area contributed by atoms with Crippen molar-refractivity contribution in [3.63, 3.8) is 0 Å². The first-order valence-electron chi connectivity index (χ1n) is 3.08. The van der Waals surface area contributed by atoms with Crippen LogP contribution in [-0.2, 0) is 24.3 Å². The maximum atomic E-state index is 10.8. The predicted molar refractivity (Wildman–Crippen MR) is 43.4 cm³/mol. The highest BCUT2D eigenvalue weighted by Crippen LogP contribution is 1.95. The normalized spacial score (nSPS) is 13.2. The average molecular weight is 217 g/mol. The molecule has 0 spiro atoms. The molecule has 0 atom stereocenters. The summed E-state index contributed by atoms with van der Waals surface area (Å²) in [4.78, 5) is 0. The summed E-state index contributed by atoms with van der Waals surface area (Å²) in [6, 6.07) is 0. The van der Waals surface area contributed by atoms with Gasteiger partial charge in [-0.25, -0.2) is 13.1 Å². The lowest BCUT2D eigenvalue weighted by molar-refractivity contribution is 0.401. The van der Waals surface area contributed by atoms with E-state index in [2.05, 4.69) is 4.18 Å². The van der Waals surface area contributed by atoms with Gasteiger partial charge in [-0.3, -0.25) is 4.18 Å². The lowest BCUT2D eigenvalue weighted by Gasteiger charge is -2.02. The fraction of sp³-hybridized carbons (Fsp3) is 1.00. The number of hydrogen-bond acceptors (Lipinski definition) is 5. The van der Waals surface area contributed by atoms with Gasteiger partial charge in [0.2, 0.25) is 10.0 Å². The van der Waals surface area contributed by atoms with Crippen molar-refractivity contribution in [1.82, 2.24) is 4.72 Å². The van der Waals surface area contributed by atoms with Crippen LogP contribution in [0.4, 0.5) is 0 Å². The van der Waals surface area contributed by atoms with E-state index >= 15 is 0 Å². The van der Waals surface area contributed by atoms with Gasteiger partial charge in [-0.2, -0.15) is 8.42 Å². The molecule has 0 aliphatic heterocycles. The minimum Gasteiger partial charge on any atom is -0.273 e. The predicted octanol–water partition coefficient (Wildman–Crippen LogP) is -1.14. The molecule has 12 heavy (non-hydrogen) atoms. The second-order valence-corrected chi connectivity index (χ2v) is 5.86. The van der Waals surface area contributed by atoms with Crippen LogP contribution in [0.2, 0.25) is 0 Å². The molecule has 0 rings (SSSR count). The molecular formula is C4H11NO5S2. The van der Waals surface area contributed by atoms with Crippen LogP contribution in [0.15, 0.2) is 0 Å². The molecule has 0 fully saturated rings. The molecule has 0 saturated carbocycles. The maximum absolute atomic E-state index is 10.8. The maximum Gasteiger partial charge on any atom is 0.283 e. The molecule has 0 unspecified atom stereocenters. The molecule has 74 valence electrons. The van der Waals surface area contributed by atoms with Gasteiger partial charge in [0.1, 0.15) is 0 Å². The van der Waals surface area contributed by atoms with E-state index in [1.165, 1.54) is 0 Å². The molecule has 0 aromatic heterocycles. The third-order valence-electron chi connectivity index (χ3n) is 0.918. The molecule has 1 N–H and O–H groups in total.